The fourth-order valence-corrected chi connectivity index (χ4v) is 14.1. The van der Waals surface area contributed by atoms with Gasteiger partial charge >= 0.3 is 0 Å². The van der Waals surface area contributed by atoms with Gasteiger partial charge in [0.05, 0.1) is 0 Å². The summed E-state index contributed by atoms with van der Waals surface area (Å²) in [5.41, 5.74) is 21.9. The van der Waals surface area contributed by atoms with E-state index in [0.717, 1.165) is 125 Å². The highest BCUT2D eigenvalue weighted by Gasteiger charge is 2.49. The number of rotatable bonds is 6. The molecule has 10 aromatic rings. The molecule has 6 aliphatic rings. The maximum atomic E-state index is 7.04. The van der Waals surface area contributed by atoms with Crippen LogP contribution >= 0.6 is 0 Å². The summed E-state index contributed by atoms with van der Waals surface area (Å²) in [7, 11) is 8.83. The number of benzene rings is 10. The molecule has 6 aliphatic heterocycles. The summed E-state index contributed by atoms with van der Waals surface area (Å²) < 4.78 is 34.2. The summed E-state index contributed by atoms with van der Waals surface area (Å²) >= 11 is 0. The van der Waals surface area contributed by atoms with Gasteiger partial charge in [-0.25, -0.2) is 0 Å². The first-order valence-electron chi connectivity index (χ1n) is 29.2. The Hall–Kier alpha value is -9.41. The normalized spacial score (nSPS) is 14.3. The summed E-state index contributed by atoms with van der Waals surface area (Å²) in [5, 5.41) is 0. The van der Waals surface area contributed by atoms with Crippen molar-refractivity contribution in [2.24, 2.45) is 0 Å². The van der Waals surface area contributed by atoms with E-state index < -0.39 is 0 Å². The van der Waals surface area contributed by atoms with Crippen molar-refractivity contribution in [3.8, 4) is 57.5 Å². The second-order valence-corrected chi connectivity index (χ2v) is 25.5. The lowest BCUT2D eigenvalue weighted by molar-refractivity contribution is 0.462. The van der Waals surface area contributed by atoms with Gasteiger partial charge in [0.25, 0.3) is 20.1 Å². The van der Waals surface area contributed by atoms with Crippen LogP contribution < -0.4 is 92.4 Å². The second kappa shape index (κ2) is 18.0. The first kappa shape index (κ1) is 50.3. The van der Waals surface area contributed by atoms with E-state index >= 15 is 0 Å². The number of hydrogen-bond acceptors (Lipinski definition) is 9. The Morgan fingerprint density at radius 2 is 0.595 bits per heavy atom. The SMILES string of the molecule is CN1c2cc3c(cc2B2c4cc(C(C)(C)C)ccc4Oc4cc(Oc5ccccc5)cc1c42)B1c2cc4c(cc2N(C)c2cc(Oc5ccccc5)cc(c21)N3C)N(C)c1cc(Oc2ccccc2)cc2c1B4c1cc(C(C)(C)C)ccc1O2. The Bertz CT molecular complexity index is 4170. The molecule has 0 saturated carbocycles. The summed E-state index contributed by atoms with van der Waals surface area (Å²) in [5.74, 6) is 7.85. The molecule has 0 fully saturated rings. The molecule has 0 amide bonds. The molecule has 12 heteroatoms. The first-order valence-corrected chi connectivity index (χ1v) is 29.2. The highest BCUT2D eigenvalue weighted by molar-refractivity contribution is 7.04. The van der Waals surface area contributed by atoms with Gasteiger partial charge in [-0.15, -0.1) is 0 Å². The van der Waals surface area contributed by atoms with E-state index in [9.17, 15) is 0 Å². The molecule has 0 aromatic heterocycles. The highest BCUT2D eigenvalue weighted by Crippen LogP contribution is 2.47. The smallest absolute Gasteiger partial charge is 0.256 e. The predicted molar refractivity (Wildman–Crippen MR) is 348 cm³/mol. The average molecular weight is 1090 g/mol. The van der Waals surface area contributed by atoms with Crippen molar-refractivity contribution in [1.29, 1.82) is 0 Å². The summed E-state index contributed by atoms with van der Waals surface area (Å²) in [6.45, 7) is 13.3. The third kappa shape index (κ3) is 7.65. The number of para-hydroxylation sites is 3. The molecule has 0 radical (unpaired) electrons. The van der Waals surface area contributed by atoms with Crippen LogP contribution in [0.15, 0.2) is 188 Å². The van der Waals surface area contributed by atoms with Gasteiger partial charge in [-0.3, -0.25) is 0 Å². The van der Waals surface area contributed by atoms with E-state index in [4.69, 9.17) is 23.7 Å². The minimum Gasteiger partial charge on any atom is -0.458 e. The van der Waals surface area contributed by atoms with Crippen LogP contribution in [-0.2, 0) is 10.8 Å². The highest BCUT2D eigenvalue weighted by atomic mass is 16.5. The molecule has 84 heavy (non-hydrogen) atoms. The lowest BCUT2D eigenvalue weighted by atomic mass is 9.29. The molecule has 16 rings (SSSR count). The molecule has 0 saturated heterocycles. The Kier molecular flexibility index (Phi) is 10.8. The van der Waals surface area contributed by atoms with Gasteiger partial charge in [-0.2, -0.15) is 0 Å². The van der Waals surface area contributed by atoms with Gasteiger partial charge in [-0.1, -0.05) is 133 Å². The van der Waals surface area contributed by atoms with Crippen LogP contribution in [0.2, 0.25) is 0 Å². The topological polar surface area (TPSA) is 59.1 Å². The molecule has 6 heterocycles. The van der Waals surface area contributed by atoms with Crippen molar-refractivity contribution in [2.45, 2.75) is 52.4 Å². The quantitative estimate of drug-likeness (QED) is 0.152. The molecular weight excluding hydrogens is 1030 g/mol. The van der Waals surface area contributed by atoms with E-state index in [1.165, 1.54) is 38.4 Å². The van der Waals surface area contributed by atoms with Crippen LogP contribution in [0.3, 0.4) is 0 Å². The summed E-state index contributed by atoms with van der Waals surface area (Å²) in [6, 6.07) is 66.7. The van der Waals surface area contributed by atoms with Crippen molar-refractivity contribution in [2.75, 3.05) is 47.8 Å². The van der Waals surface area contributed by atoms with E-state index in [0.29, 0.717) is 0 Å². The van der Waals surface area contributed by atoms with Crippen LogP contribution in [0.5, 0.6) is 57.5 Å². The van der Waals surface area contributed by atoms with E-state index in [1.54, 1.807) is 0 Å². The monoisotopic (exact) mass is 1090 g/mol. The number of ether oxygens (including phenoxy) is 5. The number of anilines is 8. The molecule has 0 bridgehead atoms. The van der Waals surface area contributed by atoms with Crippen LogP contribution in [-0.4, -0.2) is 48.3 Å². The minimum atomic E-state index is -0.171. The lowest BCUT2D eigenvalue weighted by Crippen LogP contribution is -2.66. The molecule has 0 atom stereocenters. The van der Waals surface area contributed by atoms with Gasteiger partial charge in [0, 0.05) is 110 Å². The molecule has 10 aromatic carbocycles. The van der Waals surface area contributed by atoms with Gasteiger partial charge in [-0.05, 0) is 132 Å². The van der Waals surface area contributed by atoms with Gasteiger partial charge in [0.2, 0.25) is 0 Å². The maximum absolute atomic E-state index is 7.04. The van der Waals surface area contributed by atoms with Crippen molar-refractivity contribution in [3.05, 3.63) is 199 Å². The molecule has 0 unspecified atom stereocenters. The Morgan fingerprint density at radius 1 is 0.286 bits per heavy atom. The van der Waals surface area contributed by atoms with Gasteiger partial charge in [0.1, 0.15) is 57.5 Å². The first-order chi connectivity index (χ1) is 40.5. The summed E-state index contributed by atoms with van der Waals surface area (Å²) in [6.07, 6.45) is 0. The maximum Gasteiger partial charge on any atom is 0.256 e. The Morgan fingerprint density at radius 3 is 0.929 bits per heavy atom. The Balaban J connectivity index is 0.936. The van der Waals surface area contributed by atoms with E-state index in [1.807, 2.05) is 91.0 Å². The van der Waals surface area contributed by atoms with Crippen LogP contribution in [0.25, 0.3) is 0 Å². The van der Waals surface area contributed by atoms with Crippen LogP contribution in [0.1, 0.15) is 52.7 Å². The second-order valence-electron chi connectivity index (χ2n) is 25.5. The fraction of sp³-hybridized carbons (Fsp3) is 0.167. The van der Waals surface area contributed by atoms with Crippen LogP contribution in [0.4, 0.5) is 45.5 Å². The molecule has 0 aliphatic carbocycles. The van der Waals surface area contributed by atoms with Gasteiger partial charge < -0.3 is 43.3 Å². The minimum absolute atomic E-state index is 0.0919. The third-order valence-electron chi connectivity index (χ3n) is 18.4. The molecule has 9 nitrogen and oxygen atoms in total. The van der Waals surface area contributed by atoms with E-state index in [2.05, 4.69) is 186 Å². The van der Waals surface area contributed by atoms with Crippen molar-refractivity contribution < 1.29 is 23.7 Å². The fourth-order valence-electron chi connectivity index (χ4n) is 14.1. The molecule has 0 N–H and O–H groups in total. The van der Waals surface area contributed by atoms with Crippen molar-refractivity contribution in [3.63, 3.8) is 0 Å². The number of nitrogens with zero attached hydrogens (tertiary/aromatic N) is 4. The number of hydrogen-bond donors (Lipinski definition) is 0. The average Bonchev–Trinajstić information content (AvgIpc) is 2.21. The zero-order valence-electron chi connectivity index (χ0n) is 49.0. The predicted octanol–water partition coefficient (Wildman–Crippen LogP) is 11.7. The zero-order valence-corrected chi connectivity index (χ0v) is 49.0. The third-order valence-corrected chi connectivity index (χ3v) is 18.4. The van der Waals surface area contributed by atoms with Gasteiger partial charge in [0.15, 0.2) is 0 Å². The standard InChI is InChI=1S/C72H61B3N4O5/c1-71(2,3)42-26-28-64-54(30-42)74-52-38-50-56(40-58(52)78(9)62-34-48(36-66(83-64)69(62)74)81-45-22-16-12-17-23-45)76(7)60-32-47(80-44-20-14-11-15-21-44)33-61-68(60)73(50)51-39-53-59(41-57(51)77(61)8)79(10)63-35-49(82-46-24-18-13-19-25-46)37-67-70(63)75(53)55-31-43(72(4,5)6)27-29-65(55)84-67/h11-41H,1-10H3. The molecule has 408 valence electrons. The largest absolute Gasteiger partial charge is 0.458 e. The van der Waals surface area contributed by atoms with E-state index in [-0.39, 0.29) is 31.0 Å². The van der Waals surface area contributed by atoms with Crippen LogP contribution in [0, 0.1) is 0 Å². The Labute approximate surface area is 492 Å². The zero-order chi connectivity index (χ0) is 57.2. The van der Waals surface area contributed by atoms with Crippen molar-refractivity contribution >= 4 is 115 Å². The van der Waals surface area contributed by atoms with Crippen molar-refractivity contribution in [1.82, 2.24) is 0 Å². The molecular formula is C72H61B3N4O5. The molecule has 0 spiro atoms. The lowest BCUT2D eigenvalue weighted by Gasteiger charge is -2.45. The number of fused-ring (bicyclic) bond motifs is 12. The summed E-state index contributed by atoms with van der Waals surface area (Å²) in [4.78, 5) is 9.49.